The van der Waals surface area contributed by atoms with Crippen molar-refractivity contribution in [3.63, 3.8) is 0 Å². The van der Waals surface area contributed by atoms with Crippen LogP contribution in [0.5, 0.6) is 5.75 Å². The van der Waals surface area contributed by atoms with Crippen LogP contribution in [0.2, 0.25) is 0 Å². The number of nitrogens with zero attached hydrogens (tertiary/aromatic N) is 1. The summed E-state index contributed by atoms with van der Waals surface area (Å²) in [6.45, 7) is 4.28. The van der Waals surface area contributed by atoms with Crippen LogP contribution >= 0.6 is 11.8 Å². The highest BCUT2D eigenvalue weighted by molar-refractivity contribution is 8.14. The molecule has 1 N–H and O–H groups in total. The van der Waals surface area contributed by atoms with E-state index in [-0.39, 0.29) is 11.8 Å². The van der Waals surface area contributed by atoms with Crippen LogP contribution in [0, 0.1) is 5.92 Å². The predicted molar refractivity (Wildman–Crippen MR) is 79.9 cm³/mol. The highest BCUT2D eigenvalue weighted by Gasteiger charge is 2.31. The lowest BCUT2D eigenvalue weighted by Crippen LogP contribution is -2.17. The Kier molecular flexibility index (Phi) is 5.03. The SMILES string of the molecule is CC(C)CC1CSC(Nc2cccc(OC(F)(F)F)c2)=N1. The molecule has 0 saturated carbocycles. The molecule has 0 aliphatic carbocycles. The van der Waals surface area contributed by atoms with E-state index in [4.69, 9.17) is 0 Å². The van der Waals surface area contributed by atoms with Gasteiger partial charge in [0.1, 0.15) is 5.75 Å². The van der Waals surface area contributed by atoms with Crippen LogP contribution in [-0.4, -0.2) is 23.3 Å². The van der Waals surface area contributed by atoms with Gasteiger partial charge in [0.25, 0.3) is 0 Å². The molecule has 21 heavy (non-hydrogen) atoms. The number of thioether (sulfide) groups is 1. The lowest BCUT2D eigenvalue weighted by molar-refractivity contribution is -0.274. The van der Waals surface area contributed by atoms with Gasteiger partial charge in [0.15, 0.2) is 5.17 Å². The third-order valence-electron chi connectivity index (χ3n) is 2.77. The van der Waals surface area contributed by atoms with Crippen molar-refractivity contribution >= 4 is 22.6 Å². The van der Waals surface area contributed by atoms with E-state index in [1.165, 1.54) is 18.2 Å². The van der Waals surface area contributed by atoms with Gasteiger partial charge in [0.05, 0.1) is 6.04 Å². The molecule has 0 radical (unpaired) electrons. The van der Waals surface area contributed by atoms with Crippen molar-refractivity contribution in [3.05, 3.63) is 24.3 Å². The third-order valence-corrected chi connectivity index (χ3v) is 3.81. The average molecular weight is 318 g/mol. The third kappa shape index (κ3) is 5.49. The topological polar surface area (TPSA) is 33.6 Å². The molecule has 1 aliphatic heterocycles. The van der Waals surface area contributed by atoms with Gasteiger partial charge in [-0.25, -0.2) is 0 Å². The highest BCUT2D eigenvalue weighted by atomic mass is 32.2. The molecule has 0 bridgehead atoms. The summed E-state index contributed by atoms with van der Waals surface area (Å²) in [5, 5.41) is 3.78. The minimum atomic E-state index is -4.68. The van der Waals surface area contributed by atoms with E-state index < -0.39 is 6.36 Å². The maximum atomic E-state index is 12.2. The zero-order chi connectivity index (χ0) is 15.5. The number of hydrogen-bond acceptors (Lipinski definition) is 4. The highest BCUT2D eigenvalue weighted by Crippen LogP contribution is 2.27. The van der Waals surface area contributed by atoms with Crippen LogP contribution in [0.15, 0.2) is 29.3 Å². The summed E-state index contributed by atoms with van der Waals surface area (Å²) in [5.41, 5.74) is 0.535. The van der Waals surface area contributed by atoms with Crippen molar-refractivity contribution in [1.82, 2.24) is 0 Å². The molecule has 1 unspecified atom stereocenters. The molecular weight excluding hydrogens is 301 g/mol. The molecule has 1 aliphatic rings. The molecule has 0 saturated heterocycles. The van der Waals surface area contributed by atoms with Crippen LogP contribution in [0.25, 0.3) is 0 Å². The number of amidine groups is 1. The number of halogens is 3. The molecule has 1 aromatic carbocycles. The zero-order valence-electron chi connectivity index (χ0n) is 11.8. The second-order valence-corrected chi connectivity index (χ2v) is 6.24. The first kappa shape index (κ1) is 16.0. The fraction of sp³-hybridized carbons (Fsp3) is 0.500. The normalized spacial score (nSPS) is 18.8. The van der Waals surface area contributed by atoms with Crippen LogP contribution in [0.3, 0.4) is 0 Å². The van der Waals surface area contributed by atoms with E-state index in [0.29, 0.717) is 11.6 Å². The van der Waals surface area contributed by atoms with Crippen molar-refractivity contribution in [2.75, 3.05) is 11.1 Å². The molecule has 116 valence electrons. The maximum Gasteiger partial charge on any atom is 0.573 e. The molecule has 2 rings (SSSR count). The monoisotopic (exact) mass is 318 g/mol. The van der Waals surface area contributed by atoms with Crippen molar-refractivity contribution < 1.29 is 17.9 Å². The smallest absolute Gasteiger partial charge is 0.406 e. The van der Waals surface area contributed by atoms with Gasteiger partial charge in [-0.15, -0.1) is 13.2 Å². The molecule has 0 amide bonds. The Bertz CT molecular complexity index is 517. The van der Waals surface area contributed by atoms with Gasteiger partial charge in [-0.2, -0.15) is 0 Å². The van der Waals surface area contributed by atoms with Gasteiger partial charge in [0, 0.05) is 17.5 Å². The van der Waals surface area contributed by atoms with Gasteiger partial charge in [-0.1, -0.05) is 31.7 Å². The van der Waals surface area contributed by atoms with Crippen molar-refractivity contribution in [3.8, 4) is 5.75 Å². The second kappa shape index (κ2) is 6.60. The maximum absolute atomic E-state index is 12.2. The number of aliphatic imine (C=N–C) groups is 1. The van der Waals surface area contributed by atoms with Crippen LogP contribution < -0.4 is 10.1 Å². The fourth-order valence-electron chi connectivity index (χ4n) is 2.04. The molecule has 0 fully saturated rings. The Balaban J connectivity index is 1.99. The summed E-state index contributed by atoms with van der Waals surface area (Å²) in [7, 11) is 0. The zero-order valence-corrected chi connectivity index (χ0v) is 12.6. The molecule has 0 spiro atoms. The van der Waals surface area contributed by atoms with Gasteiger partial charge >= 0.3 is 6.36 Å². The minimum absolute atomic E-state index is 0.241. The lowest BCUT2D eigenvalue weighted by atomic mass is 10.1. The van der Waals surface area contributed by atoms with E-state index in [9.17, 15) is 13.2 Å². The molecule has 1 heterocycles. The van der Waals surface area contributed by atoms with Crippen LogP contribution in [0.1, 0.15) is 20.3 Å². The molecular formula is C14H17F3N2OS. The summed E-state index contributed by atoms with van der Waals surface area (Å²) in [5.74, 6) is 1.23. The number of hydrogen-bond donors (Lipinski definition) is 1. The number of rotatable bonds is 4. The first-order valence-electron chi connectivity index (χ1n) is 6.65. The summed E-state index contributed by atoms with van der Waals surface area (Å²) in [6.07, 6.45) is -3.67. The Morgan fingerprint density at radius 2 is 2.19 bits per heavy atom. The van der Waals surface area contributed by atoms with Crippen LogP contribution in [0.4, 0.5) is 18.9 Å². The first-order chi connectivity index (χ1) is 9.82. The van der Waals surface area contributed by atoms with Gasteiger partial charge < -0.3 is 10.1 Å². The van der Waals surface area contributed by atoms with Crippen LogP contribution in [-0.2, 0) is 0 Å². The minimum Gasteiger partial charge on any atom is -0.406 e. The van der Waals surface area contributed by atoms with Crippen molar-refractivity contribution in [1.29, 1.82) is 0 Å². The molecule has 7 heteroatoms. The van der Waals surface area contributed by atoms with E-state index in [2.05, 4.69) is 28.9 Å². The van der Waals surface area contributed by atoms with E-state index in [1.54, 1.807) is 17.8 Å². The largest absolute Gasteiger partial charge is 0.573 e. The number of nitrogens with one attached hydrogen (secondary N) is 1. The average Bonchev–Trinajstić information content (AvgIpc) is 2.73. The van der Waals surface area contributed by atoms with E-state index in [1.807, 2.05) is 0 Å². The fourth-order valence-corrected chi connectivity index (χ4v) is 3.02. The van der Waals surface area contributed by atoms with Crippen molar-refractivity contribution in [2.24, 2.45) is 10.9 Å². The quantitative estimate of drug-likeness (QED) is 0.886. The van der Waals surface area contributed by atoms with Gasteiger partial charge in [-0.05, 0) is 24.5 Å². The lowest BCUT2D eigenvalue weighted by Gasteiger charge is -2.10. The second-order valence-electron chi connectivity index (χ2n) is 5.23. The summed E-state index contributed by atoms with van der Waals surface area (Å²) in [6, 6.07) is 6.04. The van der Waals surface area contributed by atoms with Crippen molar-refractivity contribution in [2.45, 2.75) is 32.7 Å². The molecule has 1 aromatic rings. The number of alkyl halides is 3. The van der Waals surface area contributed by atoms with E-state index >= 15 is 0 Å². The molecule has 3 nitrogen and oxygen atoms in total. The summed E-state index contributed by atoms with van der Waals surface area (Å²) >= 11 is 1.58. The Morgan fingerprint density at radius 1 is 1.43 bits per heavy atom. The number of benzene rings is 1. The first-order valence-corrected chi connectivity index (χ1v) is 7.64. The summed E-state index contributed by atoms with van der Waals surface area (Å²) in [4.78, 5) is 4.53. The predicted octanol–water partition coefficient (Wildman–Crippen LogP) is 4.51. The Hall–Kier alpha value is -1.37. The number of ether oxygens (including phenoxy) is 1. The van der Waals surface area contributed by atoms with E-state index in [0.717, 1.165) is 17.3 Å². The van der Waals surface area contributed by atoms with Gasteiger partial charge in [0.2, 0.25) is 0 Å². The van der Waals surface area contributed by atoms with Gasteiger partial charge in [-0.3, -0.25) is 4.99 Å². The standard InChI is InChI=1S/C14H17F3N2OS/c1-9(2)6-11-8-21-13(19-11)18-10-4-3-5-12(7-10)20-14(15,16)17/h3-5,7,9,11H,6,8H2,1-2H3,(H,18,19). The number of anilines is 1. The summed E-state index contributed by atoms with van der Waals surface area (Å²) < 4.78 is 40.4. The molecule has 1 atom stereocenters. The molecule has 0 aromatic heterocycles. The Labute approximate surface area is 126 Å². The Morgan fingerprint density at radius 3 is 2.86 bits per heavy atom.